The van der Waals surface area contributed by atoms with E-state index in [-0.39, 0.29) is 0 Å². The second kappa shape index (κ2) is 18.1. The molecule has 0 aliphatic carbocycles. The van der Waals surface area contributed by atoms with E-state index < -0.39 is 0 Å². The van der Waals surface area contributed by atoms with Crippen molar-refractivity contribution in [2.75, 3.05) is 65.7 Å². The van der Waals surface area contributed by atoms with E-state index in [0.717, 1.165) is 99.6 Å². The summed E-state index contributed by atoms with van der Waals surface area (Å²) in [4.78, 5) is 7.57. The van der Waals surface area contributed by atoms with Crippen molar-refractivity contribution < 1.29 is 9.47 Å². The van der Waals surface area contributed by atoms with Gasteiger partial charge in [0.2, 0.25) is 0 Å². The molecule has 5 aliphatic heterocycles. The first-order valence-electron chi connectivity index (χ1n) is 18.1. The maximum Gasteiger partial charge on any atom is 0.135 e. The van der Waals surface area contributed by atoms with Gasteiger partial charge in [0, 0.05) is 60.4 Å². The van der Waals surface area contributed by atoms with Gasteiger partial charge >= 0.3 is 0 Å². The van der Waals surface area contributed by atoms with Crippen molar-refractivity contribution >= 4 is 34.9 Å². The molecule has 9 nitrogen and oxygen atoms in total. The van der Waals surface area contributed by atoms with Gasteiger partial charge in [0.1, 0.15) is 11.7 Å². The number of ether oxygens (including phenoxy) is 2. The minimum atomic E-state index is 0.347. The quantitative estimate of drug-likeness (QED) is 0.377. The first-order chi connectivity index (χ1) is 24.3. The number of nitrogens with one attached hydrogen (secondary N) is 1. The van der Waals surface area contributed by atoms with E-state index in [1.165, 1.54) is 29.5 Å². The van der Waals surface area contributed by atoms with Crippen molar-refractivity contribution in [1.29, 1.82) is 0 Å². The topological polar surface area (TPSA) is 91.0 Å². The normalized spacial score (nSPS) is 25.0. The van der Waals surface area contributed by atoms with E-state index in [0.29, 0.717) is 49.6 Å². The molecule has 0 amide bonds. The Morgan fingerprint density at radius 3 is 1.66 bits per heavy atom. The second-order valence-corrected chi connectivity index (χ2v) is 15.2. The molecule has 5 aliphatic rings. The first kappa shape index (κ1) is 37.0. The summed E-state index contributed by atoms with van der Waals surface area (Å²) >= 11 is 12.0. The van der Waals surface area contributed by atoms with Crippen LogP contribution in [0, 0.1) is 0 Å². The summed E-state index contributed by atoms with van der Waals surface area (Å²) in [7, 11) is 0. The van der Waals surface area contributed by atoms with E-state index in [2.05, 4.69) is 67.6 Å². The standard InChI is InChI=1S/C21H28ClN5O.C18H25ClN2O/c1-15-12-27(18-6-8-26(9-7-18)21-11-20(23)24-25-21)19(14-28-13-15)10-16-2-4-17(22)5-3-16;1-14-11-21(17-6-8-20-9-7-17)18(13-22-12-14)10-15-2-4-16(19)5-3-15/h2-5,18-19H,1,6-14H2,(H2,23,24);2-5,17-18,20H,1,6-13H2. The molecular formula is C39H53Cl2N7O2. The summed E-state index contributed by atoms with van der Waals surface area (Å²) in [5.74, 6) is 1.62. The van der Waals surface area contributed by atoms with Gasteiger partial charge in [-0.25, -0.2) is 0 Å². The van der Waals surface area contributed by atoms with Gasteiger partial charge in [0.15, 0.2) is 0 Å². The van der Waals surface area contributed by atoms with E-state index >= 15 is 0 Å². The highest BCUT2D eigenvalue weighted by molar-refractivity contribution is 6.30. The van der Waals surface area contributed by atoms with Crippen molar-refractivity contribution in [2.45, 2.75) is 69.1 Å². The summed E-state index contributed by atoms with van der Waals surface area (Å²) in [5.41, 5.74) is 10.7. The minimum absolute atomic E-state index is 0.347. The third-order valence-corrected chi connectivity index (χ3v) is 11.0. The van der Waals surface area contributed by atoms with Crippen LogP contribution >= 0.6 is 23.2 Å². The second-order valence-electron chi connectivity index (χ2n) is 14.3. The number of benzene rings is 2. The van der Waals surface area contributed by atoms with Gasteiger partial charge in [0.05, 0.1) is 32.8 Å². The predicted octanol–water partition coefficient (Wildman–Crippen LogP) is 5.57. The van der Waals surface area contributed by atoms with Crippen LogP contribution in [-0.4, -0.2) is 116 Å². The van der Waals surface area contributed by atoms with Crippen LogP contribution in [0.5, 0.6) is 0 Å². The number of rotatable bonds is 6. The van der Waals surface area contributed by atoms with Crippen LogP contribution in [0.1, 0.15) is 43.2 Å². The molecule has 2 atom stereocenters. The predicted molar refractivity (Wildman–Crippen MR) is 205 cm³/mol. The third kappa shape index (κ3) is 10.4. The third-order valence-electron chi connectivity index (χ3n) is 10.5. The van der Waals surface area contributed by atoms with Crippen molar-refractivity contribution in [2.24, 2.45) is 15.9 Å². The Morgan fingerprint density at radius 2 is 1.20 bits per heavy atom. The van der Waals surface area contributed by atoms with Crippen LogP contribution in [0.3, 0.4) is 0 Å². The molecule has 0 aromatic heterocycles. The van der Waals surface area contributed by atoms with Crippen molar-refractivity contribution in [3.63, 3.8) is 0 Å². The number of halogens is 2. The number of nitrogens with zero attached hydrogens (tertiary/aromatic N) is 5. The molecule has 5 heterocycles. The molecular weight excluding hydrogens is 669 g/mol. The van der Waals surface area contributed by atoms with Crippen molar-refractivity contribution in [3.05, 3.63) is 94.0 Å². The smallest absolute Gasteiger partial charge is 0.135 e. The van der Waals surface area contributed by atoms with Crippen LogP contribution < -0.4 is 11.1 Å². The van der Waals surface area contributed by atoms with E-state index in [9.17, 15) is 0 Å². The van der Waals surface area contributed by atoms with Crippen LogP contribution in [0.25, 0.3) is 0 Å². The number of piperidine rings is 2. The molecule has 0 saturated carbocycles. The fourth-order valence-electron chi connectivity index (χ4n) is 7.85. The Hall–Kier alpha value is -2.76. The first-order valence-corrected chi connectivity index (χ1v) is 18.9. The highest BCUT2D eigenvalue weighted by Crippen LogP contribution is 2.26. The van der Waals surface area contributed by atoms with Crippen molar-refractivity contribution in [3.8, 4) is 0 Å². The lowest BCUT2D eigenvalue weighted by Gasteiger charge is -2.42. The number of nitrogens with two attached hydrogens (primary N) is 1. The summed E-state index contributed by atoms with van der Waals surface area (Å²) in [5, 5.41) is 13.2. The van der Waals surface area contributed by atoms with Crippen molar-refractivity contribution in [1.82, 2.24) is 20.0 Å². The fourth-order valence-corrected chi connectivity index (χ4v) is 8.10. The number of hydrogen-bond acceptors (Lipinski definition) is 9. The van der Waals surface area contributed by atoms with Gasteiger partial charge < -0.3 is 25.4 Å². The van der Waals surface area contributed by atoms with E-state index in [1.807, 2.05) is 24.3 Å². The molecule has 50 heavy (non-hydrogen) atoms. The maximum atomic E-state index is 6.05. The van der Waals surface area contributed by atoms with Gasteiger partial charge in [-0.1, -0.05) is 60.6 Å². The average Bonchev–Trinajstić information content (AvgIpc) is 3.37. The Bertz CT molecular complexity index is 1480. The molecule has 4 saturated heterocycles. The molecule has 2 aromatic carbocycles. The van der Waals surface area contributed by atoms with Gasteiger partial charge in [-0.05, 0) is 98.2 Å². The Labute approximate surface area is 308 Å². The Morgan fingerprint density at radius 1 is 0.720 bits per heavy atom. The molecule has 0 bridgehead atoms. The van der Waals surface area contributed by atoms with Crippen LogP contribution in [-0.2, 0) is 22.3 Å². The monoisotopic (exact) mass is 721 g/mol. The van der Waals surface area contributed by atoms with Gasteiger partial charge in [-0.2, -0.15) is 0 Å². The lowest BCUT2D eigenvalue weighted by molar-refractivity contribution is 0.0605. The molecule has 4 fully saturated rings. The summed E-state index contributed by atoms with van der Waals surface area (Å²) < 4.78 is 11.8. The molecule has 0 radical (unpaired) electrons. The fraction of sp³-hybridized carbons (Fsp3) is 0.538. The average molecular weight is 723 g/mol. The van der Waals surface area contributed by atoms with Crippen LogP contribution in [0.2, 0.25) is 10.0 Å². The molecule has 11 heteroatoms. The highest BCUT2D eigenvalue weighted by Gasteiger charge is 2.33. The number of likely N-dealkylation sites (tertiary alicyclic amines) is 1. The SMILES string of the molecule is C=C1COCC(Cc2ccc(Cl)cc2)N(C2CCN(C3=NN=C(N)C3)CC2)C1.C=C1COCC(Cc2ccc(Cl)cc2)N(C2CCNCC2)C1. The zero-order chi connectivity index (χ0) is 34.9. The molecule has 7 rings (SSSR count). The number of hydrogen-bond donors (Lipinski definition) is 2. The number of amidine groups is 2. The van der Waals surface area contributed by atoms with Crippen LogP contribution in [0.15, 0.2) is 83.0 Å². The summed E-state index contributed by atoms with van der Waals surface area (Å²) in [6.45, 7) is 17.3. The molecule has 0 spiro atoms. The molecule has 2 unspecified atom stereocenters. The zero-order valence-electron chi connectivity index (χ0n) is 29.2. The van der Waals surface area contributed by atoms with E-state index in [1.54, 1.807) is 0 Å². The Kier molecular flexibility index (Phi) is 13.4. The van der Waals surface area contributed by atoms with Crippen LogP contribution in [0.4, 0.5) is 0 Å². The molecule has 2 aromatic rings. The van der Waals surface area contributed by atoms with Gasteiger partial charge in [0.25, 0.3) is 0 Å². The zero-order valence-corrected chi connectivity index (χ0v) is 30.8. The maximum absolute atomic E-state index is 6.05. The summed E-state index contributed by atoms with van der Waals surface area (Å²) in [6, 6.07) is 18.3. The summed E-state index contributed by atoms with van der Waals surface area (Å²) in [6.07, 6.45) is 7.27. The largest absolute Gasteiger partial charge is 0.385 e. The lowest BCUT2D eigenvalue weighted by Crippen LogP contribution is -2.51. The Balaban J connectivity index is 0.000000178. The minimum Gasteiger partial charge on any atom is -0.385 e. The van der Waals surface area contributed by atoms with Gasteiger partial charge in [-0.3, -0.25) is 9.80 Å². The van der Waals surface area contributed by atoms with Gasteiger partial charge in [-0.15, -0.1) is 10.2 Å². The van der Waals surface area contributed by atoms with E-state index in [4.69, 9.17) is 38.4 Å². The highest BCUT2D eigenvalue weighted by atomic mass is 35.5. The molecule has 3 N–H and O–H groups in total. The lowest BCUT2D eigenvalue weighted by atomic mass is 9.97. The molecule has 270 valence electrons.